The molecule has 1 unspecified atom stereocenters. The summed E-state index contributed by atoms with van der Waals surface area (Å²) in [6.45, 7) is 4.78. The number of hydrogen-bond donors (Lipinski definition) is 3. The SMILES string of the molecule is CC(C)C(CNC(=O)[C@H]1CCCCN1)C(=O)O. The molecular weight excluding hydrogens is 220 g/mol. The third-order valence-corrected chi connectivity index (χ3v) is 3.24. The molecule has 1 aliphatic heterocycles. The second-order valence-corrected chi connectivity index (χ2v) is 4.94. The summed E-state index contributed by atoms with van der Waals surface area (Å²) < 4.78 is 0. The van der Waals surface area contributed by atoms with Gasteiger partial charge in [-0.15, -0.1) is 0 Å². The van der Waals surface area contributed by atoms with Gasteiger partial charge in [0, 0.05) is 6.54 Å². The highest BCUT2D eigenvalue weighted by molar-refractivity contribution is 5.82. The van der Waals surface area contributed by atoms with Crippen LogP contribution in [0, 0.1) is 11.8 Å². The smallest absolute Gasteiger partial charge is 0.308 e. The number of carboxylic acids is 1. The highest BCUT2D eigenvalue weighted by Crippen LogP contribution is 2.11. The maximum Gasteiger partial charge on any atom is 0.308 e. The van der Waals surface area contributed by atoms with Crippen LogP contribution in [0.2, 0.25) is 0 Å². The lowest BCUT2D eigenvalue weighted by Gasteiger charge is -2.24. The molecule has 5 heteroatoms. The molecule has 98 valence electrons. The van der Waals surface area contributed by atoms with E-state index >= 15 is 0 Å². The molecule has 1 fully saturated rings. The fourth-order valence-electron chi connectivity index (χ4n) is 2.02. The van der Waals surface area contributed by atoms with Crippen LogP contribution in [0.1, 0.15) is 33.1 Å². The van der Waals surface area contributed by atoms with Gasteiger partial charge < -0.3 is 15.7 Å². The van der Waals surface area contributed by atoms with E-state index in [0.29, 0.717) is 0 Å². The van der Waals surface area contributed by atoms with Crippen molar-refractivity contribution in [2.45, 2.75) is 39.2 Å². The van der Waals surface area contributed by atoms with Crippen molar-refractivity contribution in [2.24, 2.45) is 11.8 Å². The molecule has 1 amide bonds. The molecule has 5 nitrogen and oxygen atoms in total. The van der Waals surface area contributed by atoms with Crippen molar-refractivity contribution < 1.29 is 14.7 Å². The summed E-state index contributed by atoms with van der Waals surface area (Å²) in [5.74, 6) is -1.41. The van der Waals surface area contributed by atoms with Gasteiger partial charge in [-0.2, -0.15) is 0 Å². The Balaban J connectivity index is 2.37. The standard InChI is InChI=1S/C12H22N2O3/c1-8(2)9(12(16)17)7-14-11(15)10-5-3-4-6-13-10/h8-10,13H,3-7H2,1-2H3,(H,14,15)(H,16,17)/t9?,10-/m1/s1. The molecule has 1 saturated heterocycles. The third kappa shape index (κ3) is 4.34. The van der Waals surface area contributed by atoms with E-state index in [4.69, 9.17) is 5.11 Å². The first-order valence-electron chi connectivity index (χ1n) is 6.26. The highest BCUT2D eigenvalue weighted by atomic mass is 16.4. The Kier molecular flexibility index (Phi) is 5.41. The topological polar surface area (TPSA) is 78.4 Å². The monoisotopic (exact) mass is 242 g/mol. The van der Waals surface area contributed by atoms with Crippen LogP contribution in [-0.4, -0.2) is 36.1 Å². The molecule has 0 saturated carbocycles. The van der Waals surface area contributed by atoms with Crippen molar-refractivity contribution in [2.75, 3.05) is 13.1 Å². The van der Waals surface area contributed by atoms with Crippen LogP contribution >= 0.6 is 0 Å². The van der Waals surface area contributed by atoms with Crippen molar-refractivity contribution in [1.29, 1.82) is 0 Å². The van der Waals surface area contributed by atoms with Gasteiger partial charge in [-0.25, -0.2) is 0 Å². The minimum atomic E-state index is -0.850. The molecule has 1 rings (SSSR count). The summed E-state index contributed by atoms with van der Waals surface area (Å²) in [5.41, 5.74) is 0. The average molecular weight is 242 g/mol. The number of nitrogens with one attached hydrogen (secondary N) is 2. The number of hydrogen-bond acceptors (Lipinski definition) is 3. The van der Waals surface area contributed by atoms with Crippen molar-refractivity contribution in [3.05, 3.63) is 0 Å². The van der Waals surface area contributed by atoms with Gasteiger partial charge in [0.1, 0.15) is 0 Å². The van der Waals surface area contributed by atoms with E-state index in [1.165, 1.54) is 0 Å². The zero-order chi connectivity index (χ0) is 12.8. The van der Waals surface area contributed by atoms with Crippen molar-refractivity contribution in [3.63, 3.8) is 0 Å². The second kappa shape index (κ2) is 6.59. The molecule has 0 aliphatic carbocycles. The Morgan fingerprint density at radius 1 is 1.41 bits per heavy atom. The normalized spacial score (nSPS) is 22.2. The van der Waals surface area contributed by atoms with E-state index in [1.807, 2.05) is 13.8 Å². The molecule has 0 radical (unpaired) electrons. The van der Waals surface area contributed by atoms with Gasteiger partial charge in [0.25, 0.3) is 0 Å². The van der Waals surface area contributed by atoms with E-state index in [1.54, 1.807) is 0 Å². The predicted octanol–water partition coefficient (Wildman–Crippen LogP) is 0.602. The van der Waals surface area contributed by atoms with Gasteiger partial charge >= 0.3 is 5.97 Å². The Morgan fingerprint density at radius 2 is 2.12 bits per heavy atom. The first-order valence-corrected chi connectivity index (χ1v) is 6.26. The molecule has 2 atom stereocenters. The van der Waals surface area contributed by atoms with Crippen molar-refractivity contribution >= 4 is 11.9 Å². The first kappa shape index (κ1) is 14.0. The molecule has 1 aliphatic rings. The second-order valence-electron chi connectivity index (χ2n) is 4.94. The van der Waals surface area contributed by atoms with Crippen LogP contribution in [0.15, 0.2) is 0 Å². The van der Waals surface area contributed by atoms with Crippen LogP contribution < -0.4 is 10.6 Å². The lowest BCUT2D eigenvalue weighted by molar-refractivity contribution is -0.143. The summed E-state index contributed by atoms with van der Waals surface area (Å²) in [5, 5.41) is 14.9. The number of aliphatic carboxylic acids is 1. The third-order valence-electron chi connectivity index (χ3n) is 3.24. The largest absolute Gasteiger partial charge is 0.481 e. The molecule has 3 N–H and O–H groups in total. The number of carbonyl (C=O) groups is 2. The molecule has 0 aromatic rings. The van der Waals surface area contributed by atoms with Crippen molar-refractivity contribution in [3.8, 4) is 0 Å². The Bertz CT molecular complexity index is 273. The van der Waals surface area contributed by atoms with Gasteiger partial charge in [-0.3, -0.25) is 9.59 Å². The fourth-order valence-corrected chi connectivity index (χ4v) is 2.02. The maximum atomic E-state index is 11.8. The lowest BCUT2D eigenvalue weighted by atomic mass is 9.95. The van der Waals surface area contributed by atoms with Gasteiger partial charge in [-0.1, -0.05) is 20.3 Å². The number of piperidine rings is 1. The summed E-state index contributed by atoms with van der Waals surface area (Å²) in [7, 11) is 0. The van der Waals surface area contributed by atoms with E-state index in [2.05, 4.69) is 10.6 Å². The minimum absolute atomic E-state index is 0.0205. The minimum Gasteiger partial charge on any atom is -0.481 e. The average Bonchev–Trinajstić information content (AvgIpc) is 2.29. The van der Waals surface area contributed by atoms with E-state index in [9.17, 15) is 9.59 Å². The summed E-state index contributed by atoms with van der Waals surface area (Å²) >= 11 is 0. The summed E-state index contributed by atoms with van der Waals surface area (Å²) in [6, 6.07) is -0.148. The predicted molar refractivity (Wildman–Crippen MR) is 64.6 cm³/mol. The zero-order valence-corrected chi connectivity index (χ0v) is 10.5. The van der Waals surface area contributed by atoms with Gasteiger partial charge in [0.2, 0.25) is 5.91 Å². The van der Waals surface area contributed by atoms with Crippen LogP contribution in [0.5, 0.6) is 0 Å². The molecule has 0 spiro atoms. The van der Waals surface area contributed by atoms with E-state index < -0.39 is 11.9 Å². The quantitative estimate of drug-likeness (QED) is 0.659. The summed E-state index contributed by atoms with van der Waals surface area (Å²) in [4.78, 5) is 22.7. The number of rotatable bonds is 5. The first-order chi connectivity index (χ1) is 8.02. The molecular formula is C12H22N2O3. The number of carboxylic acid groups (broad SMARTS) is 1. The van der Waals surface area contributed by atoms with Crippen LogP contribution in [0.25, 0.3) is 0 Å². The summed E-state index contributed by atoms with van der Waals surface area (Å²) in [6.07, 6.45) is 3.00. The Hall–Kier alpha value is -1.10. The Morgan fingerprint density at radius 3 is 2.59 bits per heavy atom. The Labute approximate surface area is 102 Å². The van der Waals surface area contributed by atoms with Crippen LogP contribution in [0.4, 0.5) is 0 Å². The molecule has 0 bridgehead atoms. The van der Waals surface area contributed by atoms with E-state index in [0.717, 1.165) is 25.8 Å². The highest BCUT2D eigenvalue weighted by Gasteiger charge is 2.25. The molecule has 1 heterocycles. The number of carbonyl (C=O) groups excluding carboxylic acids is 1. The zero-order valence-electron chi connectivity index (χ0n) is 10.5. The number of amides is 1. The van der Waals surface area contributed by atoms with Gasteiger partial charge in [0.15, 0.2) is 0 Å². The van der Waals surface area contributed by atoms with Gasteiger partial charge in [0.05, 0.1) is 12.0 Å². The lowest BCUT2D eigenvalue weighted by Crippen LogP contribution is -2.48. The molecule has 0 aromatic carbocycles. The maximum absolute atomic E-state index is 11.8. The van der Waals surface area contributed by atoms with E-state index in [-0.39, 0.29) is 24.4 Å². The van der Waals surface area contributed by atoms with Gasteiger partial charge in [-0.05, 0) is 25.3 Å². The van der Waals surface area contributed by atoms with Crippen LogP contribution in [-0.2, 0) is 9.59 Å². The molecule has 0 aromatic heterocycles. The van der Waals surface area contributed by atoms with Crippen molar-refractivity contribution in [1.82, 2.24) is 10.6 Å². The molecule has 17 heavy (non-hydrogen) atoms. The fraction of sp³-hybridized carbons (Fsp3) is 0.833. The van der Waals surface area contributed by atoms with Crippen LogP contribution in [0.3, 0.4) is 0 Å².